The Kier molecular flexibility index (Phi) is 5.26. The number of imidazole rings is 1. The highest BCUT2D eigenvalue weighted by Crippen LogP contribution is 2.18. The molecule has 33 heavy (non-hydrogen) atoms. The lowest BCUT2D eigenvalue weighted by atomic mass is 10.1. The molecule has 3 aromatic carbocycles. The van der Waals surface area contributed by atoms with Gasteiger partial charge in [-0.2, -0.15) is 0 Å². The van der Waals surface area contributed by atoms with Crippen molar-refractivity contribution < 1.29 is 0 Å². The molecule has 0 bridgehead atoms. The zero-order valence-electron chi connectivity index (χ0n) is 18.6. The average molecular weight is 437 g/mol. The molecule has 0 saturated heterocycles. The van der Waals surface area contributed by atoms with Crippen LogP contribution >= 0.6 is 0 Å². The highest BCUT2D eigenvalue weighted by Gasteiger charge is 2.20. The van der Waals surface area contributed by atoms with Gasteiger partial charge < -0.3 is 4.57 Å². The minimum Gasteiger partial charge on any atom is -0.320 e. The second-order valence-electron chi connectivity index (χ2n) is 8.31. The fourth-order valence-corrected chi connectivity index (χ4v) is 4.13. The molecule has 0 unspecified atom stereocenters. The first-order valence-electron chi connectivity index (χ1n) is 10.9. The summed E-state index contributed by atoms with van der Waals surface area (Å²) < 4.78 is 4.69. The van der Waals surface area contributed by atoms with Gasteiger partial charge in [0.2, 0.25) is 0 Å². The zero-order valence-corrected chi connectivity index (χ0v) is 18.6. The maximum Gasteiger partial charge on any atom is 0.337 e. The predicted molar refractivity (Wildman–Crippen MR) is 130 cm³/mol. The standard InChI is InChI=1S/C27H24N4O2/c1-19-12-14-22(15-13-19)16-29-18-28-25-24(29)26(32)30(17-21-9-4-3-5-10-21)27(33)31(25)23-11-7-6-8-20(23)2/h3-15,18H,16-17H2,1-2H3. The van der Waals surface area contributed by atoms with Crippen molar-refractivity contribution in [3.63, 3.8) is 0 Å². The lowest BCUT2D eigenvalue weighted by Gasteiger charge is -2.14. The van der Waals surface area contributed by atoms with E-state index in [0.717, 1.165) is 22.4 Å². The molecular weight excluding hydrogens is 412 g/mol. The molecule has 0 atom stereocenters. The summed E-state index contributed by atoms with van der Waals surface area (Å²) in [5.41, 5.74) is 4.81. The molecule has 0 amide bonds. The molecule has 6 heteroatoms. The molecule has 0 aliphatic heterocycles. The maximum absolute atomic E-state index is 13.6. The van der Waals surface area contributed by atoms with E-state index in [1.54, 1.807) is 10.9 Å². The van der Waals surface area contributed by atoms with E-state index in [-0.39, 0.29) is 12.1 Å². The molecule has 0 aliphatic rings. The second-order valence-corrected chi connectivity index (χ2v) is 8.31. The lowest BCUT2D eigenvalue weighted by Crippen LogP contribution is -2.40. The van der Waals surface area contributed by atoms with Gasteiger partial charge in [-0.05, 0) is 36.6 Å². The summed E-state index contributed by atoms with van der Waals surface area (Å²) in [5.74, 6) is 0. The third-order valence-corrected chi connectivity index (χ3v) is 5.91. The fourth-order valence-electron chi connectivity index (χ4n) is 4.13. The number of hydrogen-bond acceptors (Lipinski definition) is 3. The number of nitrogens with zero attached hydrogens (tertiary/aromatic N) is 4. The maximum atomic E-state index is 13.6. The predicted octanol–water partition coefficient (Wildman–Crippen LogP) is 4.06. The van der Waals surface area contributed by atoms with Gasteiger partial charge in [0.05, 0.1) is 18.6 Å². The number of para-hydroxylation sites is 1. The van der Waals surface area contributed by atoms with Gasteiger partial charge in [0.1, 0.15) is 0 Å². The summed E-state index contributed by atoms with van der Waals surface area (Å²) in [6.45, 7) is 4.67. The van der Waals surface area contributed by atoms with Crippen molar-refractivity contribution in [2.75, 3.05) is 0 Å². The van der Waals surface area contributed by atoms with Gasteiger partial charge in [-0.25, -0.2) is 14.3 Å². The van der Waals surface area contributed by atoms with E-state index in [1.807, 2.05) is 97.3 Å². The molecule has 2 heterocycles. The van der Waals surface area contributed by atoms with Gasteiger partial charge in [-0.15, -0.1) is 0 Å². The summed E-state index contributed by atoms with van der Waals surface area (Å²) in [7, 11) is 0. The zero-order chi connectivity index (χ0) is 22.9. The molecule has 0 spiro atoms. The van der Waals surface area contributed by atoms with Crippen LogP contribution in [0.25, 0.3) is 16.9 Å². The number of rotatable bonds is 5. The monoisotopic (exact) mass is 436 g/mol. The van der Waals surface area contributed by atoms with Crippen LogP contribution in [0.1, 0.15) is 22.3 Å². The minimum absolute atomic E-state index is 0.191. The number of aromatic nitrogens is 4. The van der Waals surface area contributed by atoms with Gasteiger partial charge in [-0.3, -0.25) is 9.36 Å². The quantitative estimate of drug-likeness (QED) is 0.417. The molecule has 0 N–H and O–H groups in total. The van der Waals surface area contributed by atoms with E-state index in [4.69, 9.17) is 0 Å². The van der Waals surface area contributed by atoms with Crippen LogP contribution in [0.4, 0.5) is 0 Å². The van der Waals surface area contributed by atoms with Crippen molar-refractivity contribution >= 4 is 11.2 Å². The third kappa shape index (κ3) is 3.80. The van der Waals surface area contributed by atoms with Crippen LogP contribution < -0.4 is 11.2 Å². The normalized spacial score (nSPS) is 11.2. The summed E-state index contributed by atoms with van der Waals surface area (Å²) in [4.78, 5) is 31.8. The van der Waals surface area contributed by atoms with Crippen LogP contribution in [0.3, 0.4) is 0 Å². The Morgan fingerprint density at radius 3 is 2.15 bits per heavy atom. The molecular formula is C27H24N4O2. The van der Waals surface area contributed by atoms with E-state index in [0.29, 0.717) is 17.7 Å². The Hall–Kier alpha value is -4.19. The molecule has 2 aromatic heterocycles. The van der Waals surface area contributed by atoms with Gasteiger partial charge in [-0.1, -0.05) is 78.4 Å². The Labute approximate surface area is 191 Å². The van der Waals surface area contributed by atoms with E-state index in [2.05, 4.69) is 4.98 Å². The Bertz CT molecular complexity index is 1560. The SMILES string of the molecule is Cc1ccc(Cn2cnc3c2c(=O)n(Cc2ccccc2)c(=O)n3-c2ccccc2C)cc1. The van der Waals surface area contributed by atoms with Crippen LogP contribution in [0.2, 0.25) is 0 Å². The van der Waals surface area contributed by atoms with Crippen LogP contribution in [-0.4, -0.2) is 18.7 Å². The lowest BCUT2D eigenvalue weighted by molar-refractivity contribution is 0.676. The molecule has 0 radical (unpaired) electrons. The van der Waals surface area contributed by atoms with Crippen LogP contribution in [0.15, 0.2) is 94.8 Å². The Morgan fingerprint density at radius 2 is 1.42 bits per heavy atom. The Morgan fingerprint density at radius 1 is 0.758 bits per heavy atom. The van der Waals surface area contributed by atoms with E-state index in [9.17, 15) is 9.59 Å². The molecule has 5 rings (SSSR count). The number of aryl methyl sites for hydroxylation is 2. The molecule has 0 aliphatic carbocycles. The van der Waals surface area contributed by atoms with E-state index in [1.165, 1.54) is 10.1 Å². The summed E-state index contributed by atoms with van der Waals surface area (Å²) in [5, 5.41) is 0. The van der Waals surface area contributed by atoms with Crippen molar-refractivity contribution in [2.45, 2.75) is 26.9 Å². The van der Waals surface area contributed by atoms with E-state index < -0.39 is 5.69 Å². The highest BCUT2D eigenvalue weighted by molar-refractivity contribution is 5.73. The largest absolute Gasteiger partial charge is 0.337 e. The van der Waals surface area contributed by atoms with Gasteiger partial charge >= 0.3 is 5.69 Å². The van der Waals surface area contributed by atoms with E-state index >= 15 is 0 Å². The van der Waals surface area contributed by atoms with Crippen molar-refractivity contribution in [1.82, 2.24) is 18.7 Å². The van der Waals surface area contributed by atoms with Crippen molar-refractivity contribution in [3.8, 4) is 5.69 Å². The van der Waals surface area contributed by atoms with Gasteiger partial charge in [0, 0.05) is 6.54 Å². The van der Waals surface area contributed by atoms with Crippen LogP contribution in [0.5, 0.6) is 0 Å². The van der Waals surface area contributed by atoms with Gasteiger partial charge in [0.25, 0.3) is 5.56 Å². The first-order chi connectivity index (χ1) is 16.0. The summed E-state index contributed by atoms with van der Waals surface area (Å²) in [6, 6.07) is 25.4. The first-order valence-corrected chi connectivity index (χ1v) is 10.9. The van der Waals surface area contributed by atoms with Crippen molar-refractivity contribution in [2.24, 2.45) is 0 Å². The highest BCUT2D eigenvalue weighted by atomic mass is 16.2. The van der Waals surface area contributed by atoms with Crippen LogP contribution in [0, 0.1) is 13.8 Å². The topological polar surface area (TPSA) is 61.8 Å². The van der Waals surface area contributed by atoms with Crippen molar-refractivity contribution in [1.29, 1.82) is 0 Å². The van der Waals surface area contributed by atoms with Gasteiger partial charge in [0.15, 0.2) is 11.2 Å². The summed E-state index contributed by atoms with van der Waals surface area (Å²) >= 11 is 0. The van der Waals surface area contributed by atoms with Crippen LogP contribution in [-0.2, 0) is 13.1 Å². The van der Waals surface area contributed by atoms with Crippen molar-refractivity contribution in [3.05, 3.63) is 128 Å². The third-order valence-electron chi connectivity index (χ3n) is 5.91. The number of benzene rings is 3. The molecule has 6 nitrogen and oxygen atoms in total. The molecule has 164 valence electrons. The number of fused-ring (bicyclic) bond motifs is 1. The minimum atomic E-state index is -0.397. The first kappa shape index (κ1) is 20.7. The Balaban J connectivity index is 1.77. The molecule has 0 saturated carbocycles. The smallest absolute Gasteiger partial charge is 0.320 e. The summed E-state index contributed by atoms with van der Waals surface area (Å²) in [6.07, 6.45) is 1.65. The molecule has 0 fully saturated rings. The fraction of sp³-hybridized carbons (Fsp3) is 0.148. The molecule has 5 aromatic rings. The average Bonchev–Trinajstić information content (AvgIpc) is 3.23. The second kappa shape index (κ2) is 8.39. The number of hydrogen-bond donors (Lipinski definition) is 0.